The molecule has 5 rings (SSSR count). The second kappa shape index (κ2) is 10.2. The molecule has 2 fully saturated rings. The molecule has 9 nitrogen and oxygen atoms in total. The average Bonchev–Trinajstić information content (AvgIpc) is 3.35. The van der Waals surface area contributed by atoms with Gasteiger partial charge in [-0.1, -0.05) is 36.1 Å². The molecule has 3 aromatic rings. The molecule has 0 bridgehead atoms. The number of nitro benzene ring substituents is 1. The van der Waals surface area contributed by atoms with Crippen LogP contribution in [-0.2, 0) is 0 Å². The minimum atomic E-state index is -0.354. The molecule has 0 amide bonds. The number of nitrogens with one attached hydrogen (secondary N) is 2. The van der Waals surface area contributed by atoms with Crippen molar-refractivity contribution in [3.05, 3.63) is 64.7 Å². The number of hydrogen-bond acceptors (Lipinski definition) is 8. The second-order valence-electron chi connectivity index (χ2n) is 9.15. The first-order valence-corrected chi connectivity index (χ1v) is 12.1. The van der Waals surface area contributed by atoms with Crippen molar-refractivity contribution in [3.8, 4) is 11.5 Å². The summed E-state index contributed by atoms with van der Waals surface area (Å²) >= 11 is 0. The number of nitrogens with zero attached hydrogens (tertiary/aromatic N) is 4. The Morgan fingerprint density at radius 1 is 0.941 bits per heavy atom. The topological polar surface area (TPSA) is 109 Å². The van der Waals surface area contributed by atoms with Crippen molar-refractivity contribution in [2.45, 2.75) is 56.7 Å². The van der Waals surface area contributed by atoms with Crippen molar-refractivity contribution in [2.75, 3.05) is 23.3 Å². The van der Waals surface area contributed by atoms with E-state index in [4.69, 9.17) is 4.42 Å². The van der Waals surface area contributed by atoms with Crippen LogP contribution >= 0.6 is 0 Å². The molecular formula is C25H30N6O3. The lowest BCUT2D eigenvalue weighted by Crippen LogP contribution is -2.54. The SMILES string of the molecule is O=[N+]([O-])c1ccc(N2CCCC(N[C@@H]3CCCC[C@H]3Nc3nnc(-c4ccccc4)o3)C2)cc1. The van der Waals surface area contributed by atoms with Crippen LogP contribution in [0.15, 0.2) is 59.0 Å². The van der Waals surface area contributed by atoms with Crippen molar-refractivity contribution in [3.63, 3.8) is 0 Å². The Morgan fingerprint density at radius 3 is 2.47 bits per heavy atom. The van der Waals surface area contributed by atoms with E-state index in [9.17, 15) is 10.1 Å². The number of nitro groups is 1. The normalized spacial score (nSPS) is 22.9. The third-order valence-electron chi connectivity index (χ3n) is 6.82. The number of piperidine rings is 1. The Bertz CT molecular complexity index is 1090. The van der Waals surface area contributed by atoms with Crippen LogP contribution in [-0.4, -0.2) is 46.3 Å². The van der Waals surface area contributed by atoms with Crippen LogP contribution in [0.1, 0.15) is 38.5 Å². The van der Waals surface area contributed by atoms with Crippen LogP contribution in [0.5, 0.6) is 0 Å². The quantitative estimate of drug-likeness (QED) is 0.386. The standard InChI is InChI=1S/C25H30N6O3/c32-31(33)21-14-12-20(13-15-21)30-16-6-9-19(17-30)26-22-10-4-5-11-23(22)27-25-29-28-24(34-25)18-7-2-1-3-8-18/h1-3,7-8,12-15,19,22-23,26H,4-6,9-11,16-17H2,(H,27,29)/t19?,22-,23-/m1/s1. The third kappa shape index (κ3) is 5.20. The zero-order valence-corrected chi connectivity index (χ0v) is 19.1. The summed E-state index contributed by atoms with van der Waals surface area (Å²) in [5, 5.41) is 26.8. The lowest BCUT2D eigenvalue weighted by atomic mass is 9.89. The van der Waals surface area contributed by atoms with Gasteiger partial charge in [0.1, 0.15) is 0 Å². The molecule has 1 saturated carbocycles. The molecule has 0 radical (unpaired) electrons. The number of hydrogen-bond donors (Lipinski definition) is 2. The van der Waals surface area contributed by atoms with Gasteiger partial charge in [-0.15, -0.1) is 5.10 Å². The van der Waals surface area contributed by atoms with E-state index in [1.165, 1.54) is 12.8 Å². The Hall–Kier alpha value is -3.46. The second-order valence-corrected chi connectivity index (χ2v) is 9.15. The van der Waals surface area contributed by atoms with E-state index in [0.717, 1.165) is 50.0 Å². The Kier molecular flexibility index (Phi) is 6.71. The molecule has 1 aliphatic heterocycles. The van der Waals surface area contributed by atoms with E-state index in [-0.39, 0.29) is 16.7 Å². The fraction of sp³-hybridized carbons (Fsp3) is 0.440. The first-order valence-electron chi connectivity index (χ1n) is 12.1. The highest BCUT2D eigenvalue weighted by Crippen LogP contribution is 2.27. The maximum Gasteiger partial charge on any atom is 0.316 e. The minimum Gasteiger partial charge on any atom is -0.403 e. The van der Waals surface area contributed by atoms with E-state index in [2.05, 4.69) is 25.7 Å². The van der Waals surface area contributed by atoms with Gasteiger partial charge in [-0.25, -0.2) is 0 Å². The summed E-state index contributed by atoms with van der Waals surface area (Å²) in [6, 6.07) is 18.0. The fourth-order valence-electron chi connectivity index (χ4n) is 5.08. The van der Waals surface area contributed by atoms with E-state index >= 15 is 0 Å². The van der Waals surface area contributed by atoms with Gasteiger partial charge in [0.2, 0.25) is 5.89 Å². The number of anilines is 2. The maximum atomic E-state index is 11.0. The summed E-state index contributed by atoms with van der Waals surface area (Å²) < 4.78 is 5.89. The van der Waals surface area contributed by atoms with Gasteiger partial charge >= 0.3 is 6.01 Å². The van der Waals surface area contributed by atoms with E-state index in [1.807, 2.05) is 42.5 Å². The molecule has 1 saturated heterocycles. The molecule has 1 aromatic heterocycles. The van der Waals surface area contributed by atoms with Crippen molar-refractivity contribution in [1.29, 1.82) is 0 Å². The third-order valence-corrected chi connectivity index (χ3v) is 6.82. The Labute approximate surface area is 198 Å². The first-order chi connectivity index (χ1) is 16.7. The lowest BCUT2D eigenvalue weighted by Gasteiger charge is -2.40. The zero-order chi connectivity index (χ0) is 23.3. The predicted molar refractivity (Wildman–Crippen MR) is 131 cm³/mol. The largest absolute Gasteiger partial charge is 0.403 e. The first kappa shape index (κ1) is 22.3. The number of aromatic nitrogens is 2. The van der Waals surface area contributed by atoms with E-state index < -0.39 is 0 Å². The van der Waals surface area contributed by atoms with Crippen molar-refractivity contribution in [2.24, 2.45) is 0 Å². The van der Waals surface area contributed by atoms with Gasteiger partial charge < -0.3 is 20.0 Å². The van der Waals surface area contributed by atoms with Crippen LogP contribution in [0.2, 0.25) is 0 Å². The van der Waals surface area contributed by atoms with Gasteiger partial charge in [-0.2, -0.15) is 0 Å². The maximum absolute atomic E-state index is 11.0. The zero-order valence-electron chi connectivity index (χ0n) is 19.1. The fourth-order valence-corrected chi connectivity index (χ4v) is 5.08. The van der Waals surface area contributed by atoms with Gasteiger partial charge in [0.05, 0.1) is 4.92 Å². The molecular weight excluding hydrogens is 432 g/mol. The summed E-state index contributed by atoms with van der Waals surface area (Å²) in [7, 11) is 0. The minimum absolute atomic E-state index is 0.128. The smallest absolute Gasteiger partial charge is 0.316 e. The van der Waals surface area contributed by atoms with Crippen molar-refractivity contribution < 1.29 is 9.34 Å². The predicted octanol–water partition coefficient (Wildman–Crippen LogP) is 4.63. The number of rotatable bonds is 7. The molecule has 2 aromatic carbocycles. The Morgan fingerprint density at radius 2 is 1.71 bits per heavy atom. The Balaban J connectivity index is 1.21. The molecule has 2 heterocycles. The van der Waals surface area contributed by atoms with Gasteiger partial charge in [0, 0.05) is 54.6 Å². The molecule has 1 unspecified atom stereocenters. The molecule has 2 aliphatic rings. The summed E-state index contributed by atoms with van der Waals surface area (Å²) in [6.45, 7) is 1.85. The van der Waals surface area contributed by atoms with E-state index in [1.54, 1.807) is 12.1 Å². The molecule has 178 valence electrons. The highest BCUT2D eigenvalue weighted by molar-refractivity contribution is 5.53. The number of benzene rings is 2. The molecule has 2 N–H and O–H groups in total. The summed E-state index contributed by atoms with van der Waals surface area (Å²) in [5.41, 5.74) is 2.08. The van der Waals surface area contributed by atoms with Crippen LogP contribution in [0.4, 0.5) is 17.4 Å². The van der Waals surface area contributed by atoms with Gasteiger partial charge in [0.25, 0.3) is 5.69 Å². The van der Waals surface area contributed by atoms with Crippen molar-refractivity contribution in [1.82, 2.24) is 15.5 Å². The molecule has 9 heteroatoms. The van der Waals surface area contributed by atoms with Crippen LogP contribution in [0.3, 0.4) is 0 Å². The summed E-state index contributed by atoms with van der Waals surface area (Å²) in [4.78, 5) is 12.9. The molecule has 34 heavy (non-hydrogen) atoms. The lowest BCUT2D eigenvalue weighted by molar-refractivity contribution is -0.384. The summed E-state index contributed by atoms with van der Waals surface area (Å²) in [6.07, 6.45) is 6.74. The highest BCUT2D eigenvalue weighted by Gasteiger charge is 2.30. The highest BCUT2D eigenvalue weighted by atomic mass is 16.6. The van der Waals surface area contributed by atoms with Crippen LogP contribution < -0.4 is 15.5 Å². The average molecular weight is 463 g/mol. The summed E-state index contributed by atoms with van der Waals surface area (Å²) in [5.74, 6) is 0.523. The molecule has 3 atom stereocenters. The van der Waals surface area contributed by atoms with Crippen LogP contribution in [0.25, 0.3) is 11.5 Å². The van der Waals surface area contributed by atoms with E-state index in [0.29, 0.717) is 24.0 Å². The van der Waals surface area contributed by atoms with Crippen LogP contribution in [0, 0.1) is 10.1 Å². The van der Waals surface area contributed by atoms with Gasteiger partial charge in [-0.05, 0) is 49.9 Å². The molecule has 1 aliphatic carbocycles. The number of non-ortho nitro benzene ring substituents is 1. The van der Waals surface area contributed by atoms with Gasteiger partial charge in [0.15, 0.2) is 0 Å². The monoisotopic (exact) mass is 462 g/mol. The van der Waals surface area contributed by atoms with Gasteiger partial charge in [-0.3, -0.25) is 10.1 Å². The van der Waals surface area contributed by atoms with Crippen molar-refractivity contribution >= 4 is 17.4 Å². The molecule has 0 spiro atoms.